The summed E-state index contributed by atoms with van der Waals surface area (Å²) >= 11 is 1.06. The molecule has 0 aliphatic carbocycles. The van der Waals surface area contributed by atoms with E-state index in [-0.39, 0.29) is 24.0 Å². The van der Waals surface area contributed by atoms with Crippen molar-refractivity contribution in [2.24, 2.45) is 0 Å². The number of anilines is 2. The number of aromatic nitrogens is 6. The van der Waals surface area contributed by atoms with Gasteiger partial charge in [0.1, 0.15) is 0 Å². The number of thiophene rings is 1. The first-order valence-electron chi connectivity index (χ1n) is 8.56. The van der Waals surface area contributed by atoms with Crippen LogP contribution < -0.4 is 4.90 Å². The molecular formula is C17H9F6N7OS. The van der Waals surface area contributed by atoms with E-state index >= 15 is 0 Å². The number of nitrogens with zero attached hydrogens (tertiary/aromatic N) is 7. The second-order valence-corrected chi connectivity index (χ2v) is 7.28. The van der Waals surface area contributed by atoms with Crippen molar-refractivity contribution in [3.63, 3.8) is 0 Å². The molecule has 4 aromatic heterocycles. The second kappa shape index (κ2) is 8.14. The number of halogens is 6. The Morgan fingerprint density at radius 1 is 0.906 bits per heavy atom. The molecule has 0 aliphatic rings. The maximum Gasteiger partial charge on any atom is 0.471 e. The van der Waals surface area contributed by atoms with Gasteiger partial charge >= 0.3 is 18.2 Å². The SMILES string of the molecule is FC(F)(F)c1ccc(N(Cc2ccc(-c3noc(C(F)(F)F)n3)s2)c2cnccn2)nn1. The van der Waals surface area contributed by atoms with Gasteiger partial charge in [0.25, 0.3) is 0 Å². The van der Waals surface area contributed by atoms with Gasteiger partial charge in [-0.2, -0.15) is 31.3 Å². The summed E-state index contributed by atoms with van der Waals surface area (Å²) in [6, 6.07) is 5.01. The molecule has 4 aromatic rings. The molecule has 32 heavy (non-hydrogen) atoms. The van der Waals surface area contributed by atoms with Gasteiger partial charge < -0.3 is 9.42 Å². The monoisotopic (exact) mass is 473 g/mol. The standard InChI is InChI=1S/C17H9F6N7OS/c18-16(19,20)11-3-4-12(28-27-11)30(13-7-24-5-6-25-13)8-9-1-2-10(32-9)14-26-15(31-29-14)17(21,22)23/h1-7H,8H2. The van der Waals surface area contributed by atoms with Crippen molar-refractivity contribution < 1.29 is 30.9 Å². The average Bonchev–Trinajstić information content (AvgIpc) is 3.41. The smallest absolute Gasteiger partial charge is 0.329 e. The number of hydrogen-bond acceptors (Lipinski definition) is 9. The van der Waals surface area contributed by atoms with Crippen LogP contribution in [0.1, 0.15) is 16.5 Å². The molecule has 4 heterocycles. The normalized spacial score (nSPS) is 12.2. The molecule has 0 N–H and O–H groups in total. The van der Waals surface area contributed by atoms with Crippen LogP contribution in [0.15, 0.2) is 47.4 Å². The third-order valence-electron chi connectivity index (χ3n) is 3.91. The quantitative estimate of drug-likeness (QED) is 0.383. The van der Waals surface area contributed by atoms with Crippen LogP contribution in [0.3, 0.4) is 0 Å². The van der Waals surface area contributed by atoms with Gasteiger partial charge in [-0.3, -0.25) is 4.98 Å². The molecule has 0 aliphatic heterocycles. The summed E-state index contributed by atoms with van der Waals surface area (Å²) in [6.07, 6.45) is -5.24. The van der Waals surface area contributed by atoms with E-state index in [1.165, 1.54) is 29.6 Å². The van der Waals surface area contributed by atoms with Crippen LogP contribution >= 0.6 is 11.3 Å². The Balaban J connectivity index is 1.62. The van der Waals surface area contributed by atoms with Crippen molar-refractivity contribution in [1.29, 1.82) is 0 Å². The zero-order valence-electron chi connectivity index (χ0n) is 15.5. The molecular weight excluding hydrogens is 464 g/mol. The molecule has 166 valence electrons. The highest BCUT2D eigenvalue weighted by Gasteiger charge is 2.38. The van der Waals surface area contributed by atoms with Crippen molar-refractivity contribution in [2.45, 2.75) is 18.9 Å². The summed E-state index contributed by atoms with van der Waals surface area (Å²) in [5.41, 5.74) is -1.16. The van der Waals surface area contributed by atoms with Crippen LogP contribution in [0.25, 0.3) is 10.7 Å². The van der Waals surface area contributed by atoms with Crippen LogP contribution in [0.5, 0.6) is 0 Å². The van der Waals surface area contributed by atoms with Gasteiger partial charge in [0.15, 0.2) is 17.3 Å². The molecule has 0 amide bonds. The van der Waals surface area contributed by atoms with Gasteiger partial charge in [-0.1, -0.05) is 5.16 Å². The molecule has 0 atom stereocenters. The van der Waals surface area contributed by atoms with Crippen molar-refractivity contribution in [3.8, 4) is 10.7 Å². The lowest BCUT2D eigenvalue weighted by Crippen LogP contribution is -2.20. The molecule has 0 unspecified atom stereocenters. The topological polar surface area (TPSA) is 93.7 Å². The second-order valence-electron chi connectivity index (χ2n) is 6.11. The zero-order chi connectivity index (χ0) is 22.9. The minimum Gasteiger partial charge on any atom is -0.329 e. The highest BCUT2D eigenvalue weighted by atomic mass is 32.1. The summed E-state index contributed by atoms with van der Waals surface area (Å²) in [4.78, 5) is 13.8. The minimum atomic E-state index is -4.77. The average molecular weight is 473 g/mol. The first-order chi connectivity index (χ1) is 15.1. The van der Waals surface area contributed by atoms with Gasteiger partial charge in [0.05, 0.1) is 17.6 Å². The van der Waals surface area contributed by atoms with Crippen LogP contribution in [0.4, 0.5) is 38.0 Å². The fraction of sp³-hybridized carbons (Fsp3) is 0.176. The highest BCUT2D eigenvalue weighted by Crippen LogP contribution is 2.34. The maximum atomic E-state index is 12.8. The fourth-order valence-electron chi connectivity index (χ4n) is 2.51. The van der Waals surface area contributed by atoms with Gasteiger partial charge in [-0.25, -0.2) is 4.98 Å². The van der Waals surface area contributed by atoms with Crippen LogP contribution in [0.2, 0.25) is 0 Å². The Hall–Kier alpha value is -3.62. The van der Waals surface area contributed by atoms with E-state index in [0.717, 1.165) is 23.5 Å². The number of hydrogen-bond donors (Lipinski definition) is 0. The Kier molecular flexibility index (Phi) is 5.50. The maximum absolute atomic E-state index is 12.8. The van der Waals surface area contributed by atoms with Crippen molar-refractivity contribution in [2.75, 3.05) is 4.90 Å². The highest BCUT2D eigenvalue weighted by molar-refractivity contribution is 7.15. The predicted molar refractivity (Wildman–Crippen MR) is 97.5 cm³/mol. The Bertz CT molecular complexity index is 1190. The van der Waals surface area contributed by atoms with Crippen LogP contribution in [-0.2, 0) is 18.9 Å². The molecule has 0 bridgehead atoms. The summed E-state index contributed by atoms with van der Waals surface area (Å²) < 4.78 is 80.7. The summed E-state index contributed by atoms with van der Waals surface area (Å²) in [6.45, 7) is 0.0629. The number of alkyl halides is 6. The van der Waals surface area contributed by atoms with Crippen LogP contribution in [-0.4, -0.2) is 30.3 Å². The molecule has 8 nitrogen and oxygen atoms in total. The lowest BCUT2D eigenvalue weighted by atomic mass is 10.3. The fourth-order valence-corrected chi connectivity index (χ4v) is 3.43. The van der Waals surface area contributed by atoms with Crippen molar-refractivity contribution in [1.82, 2.24) is 30.3 Å². The molecule has 15 heteroatoms. The van der Waals surface area contributed by atoms with E-state index in [1.54, 1.807) is 6.07 Å². The first-order valence-corrected chi connectivity index (χ1v) is 9.37. The van der Waals surface area contributed by atoms with Crippen molar-refractivity contribution in [3.05, 3.63) is 59.3 Å². The van der Waals surface area contributed by atoms with Crippen molar-refractivity contribution >= 4 is 23.0 Å². The van der Waals surface area contributed by atoms with Gasteiger partial charge in [0, 0.05) is 17.3 Å². The molecule has 0 saturated heterocycles. The van der Waals surface area contributed by atoms with E-state index in [2.05, 4.69) is 34.8 Å². The molecule has 0 spiro atoms. The van der Waals surface area contributed by atoms with E-state index in [1.807, 2.05) is 0 Å². The van der Waals surface area contributed by atoms with E-state index in [9.17, 15) is 26.3 Å². The van der Waals surface area contributed by atoms with Gasteiger partial charge in [-0.15, -0.1) is 21.5 Å². The van der Waals surface area contributed by atoms with E-state index in [0.29, 0.717) is 9.75 Å². The lowest BCUT2D eigenvalue weighted by Gasteiger charge is -2.21. The molecule has 4 rings (SSSR count). The summed E-state index contributed by atoms with van der Waals surface area (Å²) in [5.74, 6) is -1.37. The summed E-state index contributed by atoms with van der Waals surface area (Å²) in [7, 11) is 0. The minimum absolute atomic E-state index is 0.0624. The van der Waals surface area contributed by atoms with Gasteiger partial charge in [0.2, 0.25) is 5.82 Å². The third kappa shape index (κ3) is 4.66. The summed E-state index contributed by atoms with van der Waals surface area (Å²) in [5, 5.41) is 10.2. The van der Waals surface area contributed by atoms with Gasteiger partial charge in [-0.05, 0) is 24.3 Å². The predicted octanol–water partition coefficient (Wildman–Crippen LogP) is 4.75. The molecule has 0 radical (unpaired) electrons. The number of rotatable bonds is 5. The third-order valence-corrected chi connectivity index (χ3v) is 4.97. The Morgan fingerprint density at radius 3 is 2.31 bits per heavy atom. The molecule has 0 saturated carbocycles. The Labute approximate surface area is 178 Å². The molecule has 0 aromatic carbocycles. The zero-order valence-corrected chi connectivity index (χ0v) is 16.3. The first kappa shape index (κ1) is 21.6. The Morgan fingerprint density at radius 2 is 1.72 bits per heavy atom. The lowest BCUT2D eigenvalue weighted by molar-refractivity contribution is -0.159. The van der Waals surface area contributed by atoms with E-state index in [4.69, 9.17) is 0 Å². The van der Waals surface area contributed by atoms with Crippen LogP contribution in [0, 0.1) is 0 Å². The van der Waals surface area contributed by atoms with E-state index < -0.39 is 23.9 Å². The molecule has 0 fully saturated rings. The largest absolute Gasteiger partial charge is 0.471 e.